The normalized spacial score (nSPS) is 20.5. The van der Waals surface area contributed by atoms with E-state index in [0.29, 0.717) is 24.4 Å². The standard InChI is InChI=1S/C25H26N4O4/c1-17-7-9-18(10-8-17)23-22-20(16-33-24(22)31)29(25(32)26-23)15-21(30)28-13-11-27(12-14-28)19-5-3-2-4-6-19/h2-10,23H,11-16H2,1H3,(H,26,32)/t23-/m1/s1. The van der Waals surface area contributed by atoms with Crippen LogP contribution in [0, 0.1) is 6.92 Å². The highest BCUT2D eigenvalue weighted by atomic mass is 16.5. The smallest absolute Gasteiger partial charge is 0.338 e. The molecule has 1 fully saturated rings. The molecule has 0 unspecified atom stereocenters. The van der Waals surface area contributed by atoms with Crippen molar-refractivity contribution >= 4 is 23.6 Å². The van der Waals surface area contributed by atoms with Crippen molar-refractivity contribution in [1.29, 1.82) is 0 Å². The number of anilines is 1. The zero-order valence-corrected chi connectivity index (χ0v) is 18.5. The molecular weight excluding hydrogens is 420 g/mol. The van der Waals surface area contributed by atoms with Crippen LogP contribution in [0.25, 0.3) is 0 Å². The summed E-state index contributed by atoms with van der Waals surface area (Å²) in [6.07, 6.45) is 0. The van der Waals surface area contributed by atoms with Gasteiger partial charge < -0.3 is 19.9 Å². The van der Waals surface area contributed by atoms with E-state index in [1.165, 1.54) is 4.90 Å². The molecule has 0 bridgehead atoms. The number of cyclic esters (lactones) is 1. The number of para-hydroxylation sites is 1. The van der Waals surface area contributed by atoms with E-state index in [-0.39, 0.29) is 19.1 Å². The van der Waals surface area contributed by atoms with E-state index in [4.69, 9.17) is 4.74 Å². The number of carbonyl (C=O) groups excluding carboxylic acids is 3. The molecular formula is C25H26N4O4. The molecule has 8 heteroatoms. The first kappa shape index (κ1) is 21.1. The lowest BCUT2D eigenvalue weighted by molar-refractivity contribution is -0.136. The number of nitrogens with one attached hydrogen (secondary N) is 1. The lowest BCUT2D eigenvalue weighted by Gasteiger charge is -2.38. The maximum absolute atomic E-state index is 13.1. The van der Waals surface area contributed by atoms with Gasteiger partial charge in [0.1, 0.15) is 13.2 Å². The molecule has 0 saturated carbocycles. The van der Waals surface area contributed by atoms with Gasteiger partial charge in [-0.05, 0) is 24.6 Å². The minimum Gasteiger partial charge on any atom is -0.456 e. The molecule has 1 atom stereocenters. The van der Waals surface area contributed by atoms with Crippen LogP contribution < -0.4 is 10.2 Å². The van der Waals surface area contributed by atoms with Crippen molar-refractivity contribution in [3.63, 3.8) is 0 Å². The van der Waals surface area contributed by atoms with E-state index in [9.17, 15) is 14.4 Å². The molecule has 33 heavy (non-hydrogen) atoms. The summed E-state index contributed by atoms with van der Waals surface area (Å²) in [6, 6.07) is 16.8. The van der Waals surface area contributed by atoms with Crippen LogP contribution in [-0.4, -0.2) is 67.0 Å². The molecule has 5 rings (SSSR count). The van der Waals surface area contributed by atoms with Gasteiger partial charge in [0.15, 0.2) is 0 Å². The van der Waals surface area contributed by atoms with Crippen molar-refractivity contribution in [2.45, 2.75) is 13.0 Å². The highest BCUT2D eigenvalue weighted by molar-refractivity contribution is 5.98. The molecule has 3 aliphatic rings. The van der Waals surface area contributed by atoms with E-state index in [2.05, 4.69) is 22.3 Å². The average molecular weight is 447 g/mol. The summed E-state index contributed by atoms with van der Waals surface area (Å²) >= 11 is 0. The molecule has 170 valence electrons. The van der Waals surface area contributed by atoms with Crippen LogP contribution in [-0.2, 0) is 14.3 Å². The van der Waals surface area contributed by atoms with E-state index in [1.807, 2.05) is 49.4 Å². The van der Waals surface area contributed by atoms with Crippen LogP contribution >= 0.6 is 0 Å². The predicted molar refractivity (Wildman–Crippen MR) is 122 cm³/mol. The van der Waals surface area contributed by atoms with Gasteiger partial charge in [-0.15, -0.1) is 0 Å². The Kier molecular flexibility index (Phi) is 5.50. The second-order valence-electron chi connectivity index (χ2n) is 8.52. The van der Waals surface area contributed by atoms with Gasteiger partial charge in [-0.2, -0.15) is 0 Å². The number of ether oxygens (including phenoxy) is 1. The molecule has 8 nitrogen and oxygen atoms in total. The summed E-state index contributed by atoms with van der Waals surface area (Å²) in [6.45, 7) is 4.48. The van der Waals surface area contributed by atoms with Gasteiger partial charge in [0.05, 0.1) is 17.3 Å². The molecule has 1 saturated heterocycles. The summed E-state index contributed by atoms with van der Waals surface area (Å²) in [4.78, 5) is 43.9. The molecule has 0 aliphatic carbocycles. The first-order valence-electron chi connectivity index (χ1n) is 11.1. The molecule has 1 N–H and O–H groups in total. The number of piperazine rings is 1. The molecule has 2 aromatic carbocycles. The van der Waals surface area contributed by atoms with Crippen molar-refractivity contribution in [2.24, 2.45) is 0 Å². The predicted octanol–water partition coefficient (Wildman–Crippen LogP) is 2.22. The van der Waals surface area contributed by atoms with Gasteiger partial charge in [0, 0.05) is 31.9 Å². The molecule has 3 aliphatic heterocycles. The number of amides is 3. The van der Waals surface area contributed by atoms with Crippen molar-refractivity contribution < 1.29 is 19.1 Å². The number of urea groups is 1. The van der Waals surface area contributed by atoms with Crippen LogP contribution in [0.5, 0.6) is 0 Å². The Bertz CT molecular complexity index is 1100. The van der Waals surface area contributed by atoms with E-state index >= 15 is 0 Å². The number of benzene rings is 2. The Morgan fingerprint density at radius 3 is 2.39 bits per heavy atom. The van der Waals surface area contributed by atoms with Crippen molar-refractivity contribution in [3.8, 4) is 0 Å². The third-order valence-electron chi connectivity index (χ3n) is 6.46. The third kappa shape index (κ3) is 4.04. The highest BCUT2D eigenvalue weighted by Crippen LogP contribution is 2.35. The fraction of sp³-hybridized carbons (Fsp3) is 0.320. The van der Waals surface area contributed by atoms with Crippen LogP contribution in [0.4, 0.5) is 10.5 Å². The van der Waals surface area contributed by atoms with Crippen LogP contribution in [0.1, 0.15) is 17.2 Å². The number of hydrogen-bond acceptors (Lipinski definition) is 5. The van der Waals surface area contributed by atoms with Crippen molar-refractivity contribution in [1.82, 2.24) is 15.1 Å². The minimum absolute atomic E-state index is 0.000979. The number of hydrogen-bond donors (Lipinski definition) is 1. The van der Waals surface area contributed by atoms with Gasteiger partial charge in [0.25, 0.3) is 0 Å². The van der Waals surface area contributed by atoms with Crippen LogP contribution in [0.2, 0.25) is 0 Å². The van der Waals surface area contributed by atoms with Crippen LogP contribution in [0.3, 0.4) is 0 Å². The summed E-state index contributed by atoms with van der Waals surface area (Å²) in [7, 11) is 0. The number of nitrogens with zero attached hydrogens (tertiary/aromatic N) is 3. The third-order valence-corrected chi connectivity index (χ3v) is 6.46. The van der Waals surface area contributed by atoms with Crippen LogP contribution in [0.15, 0.2) is 65.9 Å². The molecule has 0 spiro atoms. The largest absolute Gasteiger partial charge is 0.456 e. The van der Waals surface area contributed by atoms with Gasteiger partial charge in [0.2, 0.25) is 5.91 Å². The summed E-state index contributed by atoms with van der Waals surface area (Å²) in [5.74, 6) is -0.595. The zero-order chi connectivity index (χ0) is 22.9. The number of carbonyl (C=O) groups is 3. The molecule has 0 aromatic heterocycles. The van der Waals surface area contributed by atoms with Crippen molar-refractivity contribution in [3.05, 3.63) is 77.0 Å². The summed E-state index contributed by atoms with van der Waals surface area (Å²) in [5, 5.41) is 2.89. The molecule has 3 amide bonds. The fourth-order valence-electron chi connectivity index (χ4n) is 4.58. The van der Waals surface area contributed by atoms with Gasteiger partial charge in [-0.3, -0.25) is 9.69 Å². The Hall–Kier alpha value is -3.81. The molecule has 0 radical (unpaired) electrons. The minimum atomic E-state index is -0.580. The Labute approximate surface area is 192 Å². The Morgan fingerprint density at radius 2 is 1.70 bits per heavy atom. The maximum atomic E-state index is 13.1. The number of rotatable bonds is 4. The summed E-state index contributed by atoms with van der Waals surface area (Å²) < 4.78 is 5.27. The van der Waals surface area contributed by atoms with E-state index < -0.39 is 18.0 Å². The zero-order valence-electron chi connectivity index (χ0n) is 18.5. The van der Waals surface area contributed by atoms with Gasteiger partial charge >= 0.3 is 12.0 Å². The maximum Gasteiger partial charge on any atom is 0.338 e. The fourth-order valence-corrected chi connectivity index (χ4v) is 4.58. The summed E-state index contributed by atoms with van der Waals surface area (Å²) in [5.41, 5.74) is 3.91. The second kappa shape index (κ2) is 8.61. The number of esters is 1. The second-order valence-corrected chi connectivity index (χ2v) is 8.52. The molecule has 2 aromatic rings. The average Bonchev–Trinajstić information content (AvgIpc) is 3.23. The highest BCUT2D eigenvalue weighted by Gasteiger charge is 2.43. The first-order valence-corrected chi connectivity index (χ1v) is 11.1. The Balaban J connectivity index is 1.30. The first-order chi connectivity index (χ1) is 16.0. The van der Waals surface area contributed by atoms with E-state index in [1.54, 1.807) is 4.90 Å². The SMILES string of the molecule is Cc1ccc([C@H]2NC(=O)N(CC(=O)N3CCN(c4ccccc4)CC3)C3=C2C(=O)OC3)cc1. The number of aryl methyl sites for hydroxylation is 1. The Morgan fingerprint density at radius 1 is 1.00 bits per heavy atom. The lowest BCUT2D eigenvalue weighted by Crippen LogP contribution is -2.54. The topological polar surface area (TPSA) is 82.2 Å². The van der Waals surface area contributed by atoms with Gasteiger partial charge in [-0.25, -0.2) is 9.59 Å². The van der Waals surface area contributed by atoms with E-state index in [0.717, 1.165) is 29.9 Å². The van der Waals surface area contributed by atoms with Crippen molar-refractivity contribution in [2.75, 3.05) is 44.2 Å². The quantitative estimate of drug-likeness (QED) is 0.729. The monoisotopic (exact) mass is 446 g/mol. The van der Waals surface area contributed by atoms with Gasteiger partial charge in [-0.1, -0.05) is 48.0 Å². The molecule has 3 heterocycles. The lowest BCUT2D eigenvalue weighted by atomic mass is 9.95.